The van der Waals surface area contributed by atoms with Gasteiger partial charge < -0.3 is 25.3 Å². The van der Waals surface area contributed by atoms with Crippen molar-refractivity contribution in [2.24, 2.45) is 23.2 Å². The summed E-state index contributed by atoms with van der Waals surface area (Å²) >= 11 is 1.64. The van der Waals surface area contributed by atoms with Crippen molar-refractivity contribution in [1.29, 1.82) is 0 Å². The van der Waals surface area contributed by atoms with Crippen molar-refractivity contribution in [2.75, 3.05) is 7.11 Å². The van der Waals surface area contributed by atoms with Gasteiger partial charge in [-0.25, -0.2) is 14.2 Å². The molecule has 12 heteroatoms. The quantitative estimate of drug-likeness (QED) is 0.151. The molecule has 2 heterocycles. The van der Waals surface area contributed by atoms with E-state index in [2.05, 4.69) is 22.5 Å². The minimum absolute atomic E-state index is 0.0418. The average molecular weight is 712 g/mol. The van der Waals surface area contributed by atoms with E-state index >= 15 is 0 Å². The van der Waals surface area contributed by atoms with Crippen LogP contribution in [0.15, 0.2) is 54.7 Å². The third-order valence-corrected chi connectivity index (χ3v) is 15.4. The van der Waals surface area contributed by atoms with Crippen LogP contribution in [-0.2, 0) is 33.6 Å². The third-order valence-electron chi connectivity index (χ3n) is 10.8. The molecule has 1 aromatic heterocycles. The number of benzene rings is 2. The van der Waals surface area contributed by atoms with Gasteiger partial charge in [-0.3, -0.25) is 9.59 Å². The van der Waals surface area contributed by atoms with Gasteiger partial charge in [0.05, 0.1) is 22.9 Å². The molecule has 1 unspecified atom stereocenters. The van der Waals surface area contributed by atoms with E-state index in [1.807, 2.05) is 71.3 Å². The molecule has 4 rings (SSSR count). The van der Waals surface area contributed by atoms with Crippen LogP contribution in [-0.4, -0.2) is 60.4 Å². The number of carbonyl (C=O) groups is 3. The van der Waals surface area contributed by atoms with E-state index in [1.165, 1.54) is 13.2 Å². The molecule has 0 bridgehead atoms. The van der Waals surface area contributed by atoms with E-state index in [4.69, 9.17) is 4.74 Å². The highest BCUT2D eigenvalue weighted by Gasteiger charge is 2.60. The molecule has 1 aliphatic rings. The fourth-order valence-electron chi connectivity index (χ4n) is 7.65. The fraction of sp³-hybridized carbons (Fsp3) is 0.514. The van der Waals surface area contributed by atoms with Crippen molar-refractivity contribution in [3.05, 3.63) is 76.7 Å². The molecular formula is C37H50FN3O6SSi. The van der Waals surface area contributed by atoms with Crippen LogP contribution in [0.4, 0.5) is 9.18 Å². The van der Waals surface area contributed by atoms with E-state index in [9.17, 15) is 28.7 Å². The predicted molar refractivity (Wildman–Crippen MR) is 192 cm³/mol. The van der Waals surface area contributed by atoms with Crippen LogP contribution in [0, 0.1) is 29.0 Å². The molecular weight excluding hydrogens is 662 g/mol. The van der Waals surface area contributed by atoms with Gasteiger partial charge in [-0.1, -0.05) is 77.1 Å². The van der Waals surface area contributed by atoms with Crippen LogP contribution in [0.3, 0.4) is 0 Å². The normalized spacial score (nSPS) is 21.7. The second kappa shape index (κ2) is 15.1. The average Bonchev–Trinajstić information content (AvgIpc) is 3.49. The minimum Gasteiger partial charge on any atom is -0.481 e. The number of alkyl carbamates (subject to hydrolysis) is 1. The maximum Gasteiger partial charge on any atom is 0.407 e. The van der Waals surface area contributed by atoms with Crippen molar-refractivity contribution in [2.45, 2.75) is 90.5 Å². The Balaban J connectivity index is 1.85. The van der Waals surface area contributed by atoms with Gasteiger partial charge in [-0.15, -0.1) is 11.3 Å². The number of aryl methyl sites for hydroxylation is 1. The first-order chi connectivity index (χ1) is 22.9. The second-order valence-electron chi connectivity index (χ2n) is 14.9. The number of methoxy groups -OCH3 is 1. The Morgan fingerprint density at radius 3 is 2.37 bits per heavy atom. The number of ether oxygens (including phenoxy) is 1. The van der Waals surface area contributed by atoms with Gasteiger partial charge in [0.1, 0.15) is 11.9 Å². The Hall–Kier alpha value is -3.61. The summed E-state index contributed by atoms with van der Waals surface area (Å²) in [5.74, 6) is -3.95. The van der Waals surface area contributed by atoms with Crippen LogP contribution < -0.4 is 10.6 Å². The monoisotopic (exact) mass is 711 g/mol. The summed E-state index contributed by atoms with van der Waals surface area (Å²) in [6, 6.07) is 12.6. The number of nitrogens with zero attached hydrogens (tertiary/aromatic N) is 1. The molecule has 2 amide bonds. The number of halogens is 1. The number of aliphatic carboxylic acids is 1. The Bertz CT molecular complexity index is 1640. The van der Waals surface area contributed by atoms with Gasteiger partial charge in [-0.2, -0.15) is 0 Å². The number of rotatable bonds is 12. The number of carboxylic acids is 1. The molecule has 0 saturated carbocycles. The summed E-state index contributed by atoms with van der Waals surface area (Å²) < 4.78 is 19.8. The van der Waals surface area contributed by atoms with Crippen molar-refractivity contribution in [1.82, 2.24) is 15.6 Å². The summed E-state index contributed by atoms with van der Waals surface area (Å²) in [6.45, 7) is 13.5. The van der Waals surface area contributed by atoms with Gasteiger partial charge in [0.2, 0.25) is 5.91 Å². The lowest BCUT2D eigenvalue weighted by molar-refractivity contribution is -0.143. The van der Waals surface area contributed by atoms with Gasteiger partial charge in [0.15, 0.2) is 8.32 Å². The van der Waals surface area contributed by atoms with Gasteiger partial charge in [0, 0.05) is 12.2 Å². The van der Waals surface area contributed by atoms with Gasteiger partial charge in [-0.05, 0) is 83.8 Å². The zero-order valence-corrected chi connectivity index (χ0v) is 31.5. The van der Waals surface area contributed by atoms with E-state index in [-0.39, 0.29) is 12.8 Å². The van der Waals surface area contributed by atoms with Crippen molar-refractivity contribution in [3.8, 4) is 10.4 Å². The summed E-state index contributed by atoms with van der Waals surface area (Å²) in [5.41, 5.74) is 1.26. The molecule has 0 radical (unpaired) electrons. The Labute approximate surface area is 293 Å². The topological polar surface area (TPSA) is 138 Å². The zero-order valence-electron chi connectivity index (χ0n) is 29.7. The Morgan fingerprint density at radius 1 is 1.16 bits per heavy atom. The highest BCUT2D eigenvalue weighted by Crippen LogP contribution is 2.58. The lowest BCUT2D eigenvalue weighted by Gasteiger charge is -2.54. The van der Waals surface area contributed by atoms with Crippen LogP contribution in [0.1, 0.15) is 57.2 Å². The number of carbonyl (C=O) groups excluding carboxylic acids is 2. The van der Waals surface area contributed by atoms with Crippen LogP contribution in [0.5, 0.6) is 0 Å². The number of hydrogen-bond acceptors (Lipinski definition) is 7. The number of carboxylic acid groups (broad SMARTS) is 1. The zero-order chi connectivity index (χ0) is 36.3. The van der Waals surface area contributed by atoms with E-state index in [0.29, 0.717) is 12.0 Å². The third kappa shape index (κ3) is 8.41. The van der Waals surface area contributed by atoms with Crippen LogP contribution >= 0.6 is 11.3 Å². The van der Waals surface area contributed by atoms with Crippen LogP contribution in [0.25, 0.3) is 10.4 Å². The first-order valence-electron chi connectivity index (χ1n) is 16.8. The number of nitrogens with one attached hydrogen (secondary N) is 2. The van der Waals surface area contributed by atoms with Crippen molar-refractivity contribution >= 4 is 37.6 Å². The van der Waals surface area contributed by atoms with Crippen molar-refractivity contribution < 1.29 is 33.4 Å². The van der Waals surface area contributed by atoms with Crippen molar-refractivity contribution in [3.63, 3.8) is 0 Å². The summed E-state index contributed by atoms with van der Waals surface area (Å²) in [5, 5.41) is 16.8. The highest BCUT2D eigenvalue weighted by molar-refractivity contribution is 7.15. The molecule has 9 nitrogen and oxygen atoms in total. The molecule has 0 spiro atoms. The number of aromatic nitrogens is 1. The number of thiazole rings is 1. The van der Waals surface area contributed by atoms with E-state index in [0.717, 1.165) is 27.4 Å². The number of hydrogen-bond donors (Lipinski definition) is 4. The lowest BCUT2D eigenvalue weighted by atomic mass is 9.60. The maximum atomic E-state index is 14.9. The number of amides is 2. The molecule has 1 saturated heterocycles. The maximum absolute atomic E-state index is 14.9. The molecule has 1 aliphatic heterocycles. The second-order valence-corrected chi connectivity index (χ2v) is 20.4. The summed E-state index contributed by atoms with van der Waals surface area (Å²) in [6.07, 6.45) is 2.37. The SMILES string of the molecule is CCc1ncc(-c2ccc(C[C@@H]3NC(=O)[C@@H](NC(=O)OC)C(C)(C)C(C(C)(C)[Si](C)(C)O)[C@H]3C[C@@H](Cc3ccccc3F)C(=O)O)cc2)s1. The molecule has 4 N–H and O–H groups in total. The molecule has 2 aromatic carbocycles. The first kappa shape index (κ1) is 38.2. The molecule has 49 heavy (non-hydrogen) atoms. The lowest BCUT2D eigenvalue weighted by Crippen LogP contribution is -2.59. The fourth-order valence-corrected chi connectivity index (χ4v) is 9.86. The standard InChI is InChI=1S/C37H50FN3O6SSi/c1-9-30-39-21-29(48-30)23-16-14-22(15-17-23)18-28-26(20-25(34(43)44)19-24-12-10-11-13-27(24)38)31(37(4,5)49(7,8)46)36(2,3)32(33(42)40-28)41-35(45)47-6/h10-17,21,25-26,28,31-32,46H,9,18-20H2,1-8H3,(H,40,42)(H,41,45)(H,43,44)/t25-,26+,28+,31?,32-/m1/s1. The molecule has 0 aliphatic carbocycles. The van der Waals surface area contributed by atoms with Gasteiger partial charge in [0.25, 0.3) is 0 Å². The Kier molecular flexibility index (Phi) is 11.8. The molecule has 1 fully saturated rings. The molecule has 3 aromatic rings. The minimum atomic E-state index is -3.05. The van der Waals surface area contributed by atoms with E-state index < -0.39 is 72.4 Å². The van der Waals surface area contributed by atoms with Crippen LogP contribution in [0.2, 0.25) is 18.1 Å². The van der Waals surface area contributed by atoms with E-state index in [1.54, 1.807) is 29.5 Å². The predicted octanol–water partition coefficient (Wildman–Crippen LogP) is 6.85. The molecule has 266 valence electrons. The highest BCUT2D eigenvalue weighted by atomic mass is 32.1. The summed E-state index contributed by atoms with van der Waals surface area (Å²) in [7, 11) is -1.82. The smallest absolute Gasteiger partial charge is 0.407 e. The Morgan fingerprint density at radius 2 is 1.82 bits per heavy atom. The largest absolute Gasteiger partial charge is 0.481 e. The molecule has 5 atom stereocenters. The summed E-state index contributed by atoms with van der Waals surface area (Å²) in [4.78, 5) is 57.1. The first-order valence-corrected chi connectivity index (χ1v) is 20.5. The van der Waals surface area contributed by atoms with Gasteiger partial charge >= 0.3 is 12.1 Å².